The Morgan fingerprint density at radius 2 is 1.81 bits per heavy atom. The molecule has 1 aromatic heterocycles. The molecule has 1 heterocycles. The first-order valence-corrected chi connectivity index (χ1v) is 10.0. The van der Waals surface area contributed by atoms with Crippen LogP contribution in [0.4, 0.5) is 4.39 Å². The Balaban J connectivity index is 2.57. The molecule has 1 amide bonds. The first-order valence-electron chi connectivity index (χ1n) is 10.0. The number of carboxylic acid groups (broad SMARTS) is 1. The number of halogens is 1. The monoisotopic (exact) mass is 446 g/mol. The van der Waals surface area contributed by atoms with E-state index in [1.165, 1.54) is 50.3 Å². The summed E-state index contributed by atoms with van der Waals surface area (Å²) in [6, 6.07) is 3.89. The highest BCUT2D eigenvalue weighted by Crippen LogP contribution is 2.33. The number of amides is 1. The fourth-order valence-corrected chi connectivity index (χ4v) is 3.59. The van der Waals surface area contributed by atoms with E-state index in [1.54, 1.807) is 19.9 Å². The molecule has 1 aromatic carbocycles. The molecule has 1 N–H and O–H groups in total. The van der Waals surface area contributed by atoms with Crippen LogP contribution in [0, 0.1) is 12.7 Å². The average molecular weight is 446 g/mol. The van der Waals surface area contributed by atoms with Crippen LogP contribution in [0.3, 0.4) is 0 Å². The smallest absolute Gasteiger partial charge is 0.326 e. The number of methoxy groups -OCH3 is 1. The zero-order chi connectivity index (χ0) is 24.2. The normalized spacial score (nSPS) is 13.6. The van der Waals surface area contributed by atoms with Crippen molar-refractivity contribution in [1.29, 1.82) is 0 Å². The fraction of sp³-hybridized carbons (Fsp3) is 0.391. The molecule has 0 aliphatic heterocycles. The third-order valence-corrected chi connectivity index (χ3v) is 5.43. The van der Waals surface area contributed by atoms with Crippen LogP contribution in [-0.2, 0) is 9.59 Å². The lowest BCUT2D eigenvalue weighted by atomic mass is 9.89. The minimum absolute atomic E-state index is 0.108. The van der Waals surface area contributed by atoms with Crippen molar-refractivity contribution in [3.05, 3.63) is 53.1 Å². The number of aryl methyl sites for hydroxylation is 1. The van der Waals surface area contributed by atoms with Gasteiger partial charge in [-0.1, -0.05) is 13.0 Å². The largest absolute Gasteiger partial charge is 0.493 e. The van der Waals surface area contributed by atoms with E-state index in [9.17, 15) is 23.9 Å². The lowest BCUT2D eigenvalue weighted by Crippen LogP contribution is -2.50. The molecule has 2 aromatic rings. The van der Waals surface area contributed by atoms with Gasteiger partial charge in [0.05, 0.1) is 7.11 Å². The second-order valence-corrected chi connectivity index (χ2v) is 7.54. The van der Waals surface area contributed by atoms with Crippen molar-refractivity contribution in [1.82, 2.24) is 9.88 Å². The Morgan fingerprint density at radius 1 is 1.16 bits per heavy atom. The predicted molar refractivity (Wildman–Crippen MR) is 114 cm³/mol. The molecule has 0 spiro atoms. The van der Waals surface area contributed by atoms with Crippen LogP contribution in [0.25, 0.3) is 0 Å². The van der Waals surface area contributed by atoms with Crippen molar-refractivity contribution in [2.75, 3.05) is 7.11 Å². The molecule has 32 heavy (non-hydrogen) atoms. The van der Waals surface area contributed by atoms with Gasteiger partial charge in [0.15, 0.2) is 11.4 Å². The van der Waals surface area contributed by atoms with Crippen molar-refractivity contribution in [3.8, 4) is 11.5 Å². The van der Waals surface area contributed by atoms with Gasteiger partial charge >= 0.3 is 11.9 Å². The highest BCUT2D eigenvalue weighted by atomic mass is 19.1. The second-order valence-electron chi connectivity index (χ2n) is 7.54. The summed E-state index contributed by atoms with van der Waals surface area (Å²) in [6.07, 6.45) is 1.31. The lowest BCUT2D eigenvalue weighted by Gasteiger charge is -2.36. The third-order valence-electron chi connectivity index (χ3n) is 5.43. The molecule has 0 fully saturated rings. The molecule has 3 atom stereocenters. The maximum atomic E-state index is 13.6. The molecule has 8 nitrogen and oxygen atoms in total. The standard InChI is InChI=1S/C23H27FN2O6/c1-12-11-17(24)7-8-18(12)13(2)14(3)26(15(4)23(29)30)22(28)20-21(32-16(5)27)19(31-6)9-10-25-20/h7-11,13-15H,1-6H3,(H,29,30). The third kappa shape index (κ3) is 5.22. The van der Waals surface area contributed by atoms with Gasteiger partial charge in [-0.25, -0.2) is 14.2 Å². The molecular formula is C23H27FN2O6. The molecule has 0 aliphatic carbocycles. The van der Waals surface area contributed by atoms with Crippen LogP contribution in [0.5, 0.6) is 11.5 Å². The summed E-state index contributed by atoms with van der Waals surface area (Å²) in [5, 5.41) is 9.68. The fourth-order valence-electron chi connectivity index (χ4n) is 3.59. The van der Waals surface area contributed by atoms with Gasteiger partial charge in [-0.2, -0.15) is 0 Å². The van der Waals surface area contributed by atoms with E-state index < -0.39 is 29.9 Å². The van der Waals surface area contributed by atoms with E-state index >= 15 is 0 Å². The number of nitrogens with zero attached hydrogens (tertiary/aromatic N) is 2. The van der Waals surface area contributed by atoms with Gasteiger partial charge in [-0.05, 0) is 44.0 Å². The average Bonchev–Trinajstić information content (AvgIpc) is 2.72. The summed E-state index contributed by atoms with van der Waals surface area (Å²) in [7, 11) is 1.34. The van der Waals surface area contributed by atoms with Gasteiger partial charge in [-0.3, -0.25) is 9.59 Å². The molecule has 172 valence electrons. The molecule has 0 aliphatic rings. The minimum atomic E-state index is -1.22. The Bertz CT molecular complexity index is 1030. The Morgan fingerprint density at radius 3 is 2.34 bits per heavy atom. The van der Waals surface area contributed by atoms with Crippen LogP contribution in [0.2, 0.25) is 0 Å². The maximum absolute atomic E-state index is 13.6. The maximum Gasteiger partial charge on any atom is 0.326 e. The number of esters is 1. The number of aromatic nitrogens is 1. The molecular weight excluding hydrogens is 419 g/mol. The Hall–Kier alpha value is -3.49. The van der Waals surface area contributed by atoms with Gasteiger partial charge in [0.1, 0.15) is 11.9 Å². The Kier molecular flexibility index (Phi) is 7.91. The van der Waals surface area contributed by atoms with Crippen LogP contribution >= 0.6 is 0 Å². The number of carbonyl (C=O) groups is 3. The van der Waals surface area contributed by atoms with Gasteiger partial charge in [0.2, 0.25) is 5.75 Å². The van der Waals surface area contributed by atoms with E-state index in [4.69, 9.17) is 9.47 Å². The zero-order valence-electron chi connectivity index (χ0n) is 18.9. The number of aliphatic carboxylic acids is 1. The summed E-state index contributed by atoms with van der Waals surface area (Å²) < 4.78 is 23.9. The number of hydrogen-bond donors (Lipinski definition) is 1. The summed E-state index contributed by atoms with van der Waals surface area (Å²) in [4.78, 5) is 42.3. The number of benzene rings is 1. The number of rotatable bonds is 8. The number of carbonyl (C=O) groups excluding carboxylic acids is 2. The van der Waals surface area contributed by atoms with Crippen LogP contribution < -0.4 is 9.47 Å². The van der Waals surface area contributed by atoms with E-state index in [1.807, 2.05) is 6.92 Å². The van der Waals surface area contributed by atoms with Crippen molar-refractivity contribution in [3.63, 3.8) is 0 Å². The number of hydrogen-bond acceptors (Lipinski definition) is 6. The first-order chi connectivity index (χ1) is 15.0. The summed E-state index contributed by atoms with van der Waals surface area (Å²) in [5.74, 6) is -3.45. The topological polar surface area (TPSA) is 106 Å². The van der Waals surface area contributed by atoms with Crippen LogP contribution in [0.15, 0.2) is 30.5 Å². The van der Waals surface area contributed by atoms with Gasteiger partial charge in [0, 0.05) is 31.1 Å². The molecule has 0 saturated carbocycles. The van der Waals surface area contributed by atoms with Gasteiger partial charge in [-0.15, -0.1) is 0 Å². The summed E-state index contributed by atoms with van der Waals surface area (Å²) in [5.41, 5.74) is 1.20. The second kappa shape index (κ2) is 10.2. The summed E-state index contributed by atoms with van der Waals surface area (Å²) >= 11 is 0. The molecule has 3 unspecified atom stereocenters. The van der Waals surface area contributed by atoms with E-state index in [0.29, 0.717) is 5.56 Å². The van der Waals surface area contributed by atoms with Gasteiger partial charge in [0.25, 0.3) is 5.91 Å². The first kappa shape index (κ1) is 24.8. The molecule has 0 bridgehead atoms. The van der Waals surface area contributed by atoms with E-state index in [-0.39, 0.29) is 28.9 Å². The quantitative estimate of drug-likeness (QED) is 0.618. The lowest BCUT2D eigenvalue weighted by molar-refractivity contribution is -0.142. The van der Waals surface area contributed by atoms with Crippen LogP contribution in [-0.4, -0.2) is 52.0 Å². The zero-order valence-corrected chi connectivity index (χ0v) is 18.9. The predicted octanol–water partition coefficient (Wildman–Crippen LogP) is 3.57. The number of pyridine rings is 1. The van der Waals surface area contributed by atoms with E-state index in [0.717, 1.165) is 5.56 Å². The summed E-state index contributed by atoms with van der Waals surface area (Å²) in [6.45, 7) is 7.83. The van der Waals surface area contributed by atoms with Crippen molar-refractivity contribution in [2.45, 2.75) is 52.6 Å². The molecule has 2 rings (SSSR count). The SMILES string of the molecule is COc1ccnc(C(=O)N(C(C)C(=O)O)C(C)C(C)c2ccc(F)cc2C)c1OC(C)=O. The number of carboxylic acids is 1. The van der Waals surface area contributed by atoms with Gasteiger partial charge < -0.3 is 19.5 Å². The van der Waals surface area contributed by atoms with Crippen molar-refractivity contribution < 1.29 is 33.4 Å². The van der Waals surface area contributed by atoms with E-state index in [2.05, 4.69) is 4.98 Å². The van der Waals surface area contributed by atoms with Crippen LogP contribution in [0.1, 0.15) is 55.2 Å². The highest BCUT2D eigenvalue weighted by molar-refractivity contribution is 5.98. The Labute approximate surface area is 186 Å². The van der Waals surface area contributed by atoms with Crippen molar-refractivity contribution in [2.24, 2.45) is 0 Å². The van der Waals surface area contributed by atoms with Crippen molar-refractivity contribution >= 4 is 17.8 Å². The molecule has 0 radical (unpaired) electrons. The highest BCUT2D eigenvalue weighted by Gasteiger charge is 2.37. The molecule has 0 saturated heterocycles. The number of ether oxygens (including phenoxy) is 2. The molecule has 9 heteroatoms. The minimum Gasteiger partial charge on any atom is -0.493 e.